The third kappa shape index (κ3) is 4.44. The van der Waals surface area contributed by atoms with Gasteiger partial charge in [0.15, 0.2) is 11.5 Å². The van der Waals surface area contributed by atoms with Gasteiger partial charge >= 0.3 is 0 Å². The molecule has 0 heterocycles. The summed E-state index contributed by atoms with van der Waals surface area (Å²) in [4.78, 5) is 11.7. The monoisotopic (exact) mass is 266 g/mol. The molecule has 0 radical (unpaired) electrons. The first-order valence-corrected chi connectivity index (χ1v) is 6.40. The molecule has 0 saturated carbocycles. The van der Waals surface area contributed by atoms with E-state index >= 15 is 0 Å². The van der Waals surface area contributed by atoms with E-state index in [9.17, 15) is 15.0 Å². The van der Waals surface area contributed by atoms with Gasteiger partial charge in [0.2, 0.25) is 5.91 Å². The van der Waals surface area contributed by atoms with Crippen molar-refractivity contribution in [2.75, 3.05) is 7.05 Å². The van der Waals surface area contributed by atoms with E-state index < -0.39 is 0 Å². The highest BCUT2D eigenvalue weighted by molar-refractivity contribution is 5.81. The van der Waals surface area contributed by atoms with E-state index in [2.05, 4.69) is 10.6 Å². The Morgan fingerprint density at radius 3 is 2.58 bits per heavy atom. The van der Waals surface area contributed by atoms with E-state index in [1.807, 2.05) is 13.8 Å². The number of hydrogen-bond acceptors (Lipinski definition) is 4. The lowest BCUT2D eigenvalue weighted by Gasteiger charge is -2.19. The van der Waals surface area contributed by atoms with Gasteiger partial charge in [0.1, 0.15) is 0 Å². The van der Waals surface area contributed by atoms with E-state index in [1.54, 1.807) is 19.2 Å². The van der Waals surface area contributed by atoms with Crippen molar-refractivity contribution in [2.24, 2.45) is 5.92 Å². The predicted molar refractivity (Wildman–Crippen MR) is 73.9 cm³/mol. The number of phenolic OH excluding ortho intramolecular Hbond substituents is 2. The molecule has 1 aromatic carbocycles. The van der Waals surface area contributed by atoms with Crippen LogP contribution in [0.5, 0.6) is 11.5 Å². The summed E-state index contributed by atoms with van der Waals surface area (Å²) in [5.74, 6) is 0.00997. The number of nitrogens with one attached hydrogen (secondary N) is 2. The molecule has 0 aromatic heterocycles. The number of para-hydroxylation sites is 1. The molecule has 5 nitrogen and oxygen atoms in total. The third-order valence-electron chi connectivity index (χ3n) is 2.91. The van der Waals surface area contributed by atoms with Gasteiger partial charge in [0.25, 0.3) is 0 Å². The first-order chi connectivity index (χ1) is 8.95. The van der Waals surface area contributed by atoms with Gasteiger partial charge < -0.3 is 20.8 Å². The Bertz CT molecular complexity index is 433. The van der Waals surface area contributed by atoms with Crippen molar-refractivity contribution in [2.45, 2.75) is 32.9 Å². The molecule has 0 aliphatic rings. The van der Waals surface area contributed by atoms with Crippen LogP contribution in [0.2, 0.25) is 0 Å². The Morgan fingerprint density at radius 2 is 2.00 bits per heavy atom. The fraction of sp³-hybridized carbons (Fsp3) is 0.500. The number of carbonyl (C=O) groups is 1. The van der Waals surface area contributed by atoms with Gasteiger partial charge in [0, 0.05) is 19.2 Å². The summed E-state index contributed by atoms with van der Waals surface area (Å²) >= 11 is 0. The molecule has 4 N–H and O–H groups in total. The van der Waals surface area contributed by atoms with E-state index in [0.29, 0.717) is 24.4 Å². The van der Waals surface area contributed by atoms with Crippen molar-refractivity contribution in [1.29, 1.82) is 0 Å². The lowest BCUT2D eigenvalue weighted by atomic mass is 10.0. The van der Waals surface area contributed by atoms with E-state index in [1.165, 1.54) is 6.07 Å². The lowest BCUT2D eigenvalue weighted by molar-refractivity contribution is -0.123. The van der Waals surface area contributed by atoms with Gasteiger partial charge in [-0.1, -0.05) is 26.0 Å². The summed E-state index contributed by atoms with van der Waals surface area (Å²) in [6.45, 7) is 4.41. The van der Waals surface area contributed by atoms with E-state index in [4.69, 9.17) is 0 Å². The van der Waals surface area contributed by atoms with Crippen LogP contribution < -0.4 is 10.6 Å². The summed E-state index contributed by atoms with van der Waals surface area (Å²) in [5, 5.41) is 24.8. The third-order valence-corrected chi connectivity index (χ3v) is 2.91. The van der Waals surface area contributed by atoms with Crippen molar-refractivity contribution in [3.8, 4) is 11.5 Å². The van der Waals surface area contributed by atoms with Gasteiger partial charge in [-0.2, -0.15) is 0 Å². The number of aromatic hydroxyl groups is 2. The van der Waals surface area contributed by atoms with Gasteiger partial charge in [-0.05, 0) is 18.4 Å². The topological polar surface area (TPSA) is 81.6 Å². The number of rotatable bonds is 6. The number of likely N-dealkylation sites (N-methyl/N-ethyl adjacent to an activating group) is 1. The number of benzene rings is 1. The minimum atomic E-state index is -0.313. The van der Waals surface area contributed by atoms with Crippen LogP contribution in [0.15, 0.2) is 18.2 Å². The zero-order valence-electron chi connectivity index (χ0n) is 11.6. The highest BCUT2D eigenvalue weighted by Crippen LogP contribution is 2.28. The lowest BCUT2D eigenvalue weighted by Crippen LogP contribution is -2.43. The average Bonchev–Trinajstić information content (AvgIpc) is 2.37. The summed E-state index contributed by atoms with van der Waals surface area (Å²) < 4.78 is 0. The second kappa shape index (κ2) is 6.99. The summed E-state index contributed by atoms with van der Waals surface area (Å²) in [6.07, 6.45) is 0.708. The number of hydrogen-bond donors (Lipinski definition) is 4. The highest BCUT2D eigenvalue weighted by Gasteiger charge is 2.18. The van der Waals surface area contributed by atoms with Crippen LogP contribution in [-0.2, 0) is 11.3 Å². The minimum absolute atomic E-state index is 0.0756. The summed E-state index contributed by atoms with van der Waals surface area (Å²) in [7, 11) is 1.60. The van der Waals surface area contributed by atoms with Crippen molar-refractivity contribution in [3.05, 3.63) is 23.8 Å². The maximum absolute atomic E-state index is 11.7. The first-order valence-electron chi connectivity index (χ1n) is 6.40. The van der Waals surface area contributed by atoms with Crippen molar-refractivity contribution < 1.29 is 15.0 Å². The number of phenols is 2. The molecule has 1 rings (SSSR count). The smallest absolute Gasteiger partial charge is 0.236 e. The maximum atomic E-state index is 11.7. The van der Waals surface area contributed by atoms with Crippen LogP contribution in [0, 0.1) is 5.92 Å². The quantitative estimate of drug-likeness (QED) is 0.586. The second-order valence-electron chi connectivity index (χ2n) is 4.96. The Labute approximate surface area is 113 Å². The Hall–Kier alpha value is -1.75. The molecule has 19 heavy (non-hydrogen) atoms. The van der Waals surface area contributed by atoms with Crippen molar-refractivity contribution >= 4 is 5.91 Å². The fourth-order valence-corrected chi connectivity index (χ4v) is 1.88. The maximum Gasteiger partial charge on any atom is 0.236 e. The van der Waals surface area contributed by atoms with Crippen LogP contribution >= 0.6 is 0 Å². The molecule has 0 aliphatic heterocycles. The van der Waals surface area contributed by atoms with Gasteiger partial charge in [-0.25, -0.2) is 0 Å². The molecular weight excluding hydrogens is 244 g/mol. The van der Waals surface area contributed by atoms with Gasteiger partial charge in [-0.3, -0.25) is 4.79 Å². The van der Waals surface area contributed by atoms with Crippen LogP contribution in [0.1, 0.15) is 25.8 Å². The number of carbonyl (C=O) groups excluding carboxylic acids is 1. The molecule has 0 saturated heterocycles. The zero-order chi connectivity index (χ0) is 14.4. The molecule has 1 amide bonds. The van der Waals surface area contributed by atoms with E-state index in [0.717, 1.165) is 0 Å². The van der Waals surface area contributed by atoms with Crippen LogP contribution in [0.3, 0.4) is 0 Å². The molecule has 106 valence electrons. The molecule has 1 unspecified atom stereocenters. The Kier molecular flexibility index (Phi) is 5.63. The van der Waals surface area contributed by atoms with Crippen LogP contribution in [0.25, 0.3) is 0 Å². The standard InChI is InChI=1S/C14H22N2O3/c1-9(2)7-11(14(19)15-3)16-8-10-5-4-6-12(17)13(10)18/h4-6,9,11,16-18H,7-8H2,1-3H3,(H,15,19). The molecule has 0 fully saturated rings. The van der Waals surface area contributed by atoms with E-state index in [-0.39, 0.29) is 23.4 Å². The van der Waals surface area contributed by atoms with Gasteiger partial charge in [0.05, 0.1) is 6.04 Å². The highest BCUT2D eigenvalue weighted by atomic mass is 16.3. The zero-order valence-corrected chi connectivity index (χ0v) is 11.6. The normalized spacial score (nSPS) is 12.4. The largest absolute Gasteiger partial charge is 0.504 e. The molecule has 1 atom stereocenters. The van der Waals surface area contributed by atoms with Crippen LogP contribution in [0.4, 0.5) is 0 Å². The van der Waals surface area contributed by atoms with Crippen LogP contribution in [-0.4, -0.2) is 29.2 Å². The molecule has 5 heteroatoms. The minimum Gasteiger partial charge on any atom is -0.504 e. The average molecular weight is 266 g/mol. The first kappa shape index (κ1) is 15.3. The predicted octanol–water partition coefficient (Wildman–Crippen LogP) is 1.35. The summed E-state index contributed by atoms with van der Waals surface area (Å²) in [6, 6.07) is 4.47. The SMILES string of the molecule is CNC(=O)C(CC(C)C)NCc1cccc(O)c1O. The molecular formula is C14H22N2O3. The number of amides is 1. The molecule has 0 bridgehead atoms. The summed E-state index contributed by atoms with van der Waals surface area (Å²) in [5.41, 5.74) is 0.567. The Balaban J connectivity index is 2.70. The van der Waals surface area contributed by atoms with Crippen molar-refractivity contribution in [3.63, 3.8) is 0 Å². The fourth-order valence-electron chi connectivity index (χ4n) is 1.88. The Morgan fingerprint density at radius 1 is 1.32 bits per heavy atom. The van der Waals surface area contributed by atoms with Gasteiger partial charge in [-0.15, -0.1) is 0 Å². The molecule has 0 aliphatic carbocycles. The molecule has 1 aromatic rings. The molecule has 0 spiro atoms. The van der Waals surface area contributed by atoms with Crippen molar-refractivity contribution in [1.82, 2.24) is 10.6 Å². The second-order valence-corrected chi connectivity index (χ2v) is 4.96.